The number of aromatic hydroxyl groups is 1. The number of thioether (sulfide) groups is 1. The molecule has 1 aromatic rings. The van der Waals surface area contributed by atoms with Crippen LogP contribution in [0.3, 0.4) is 0 Å². The van der Waals surface area contributed by atoms with Crippen molar-refractivity contribution in [3.05, 3.63) is 24.3 Å². The topological polar surface area (TPSA) is 57.5 Å². The van der Waals surface area contributed by atoms with Crippen molar-refractivity contribution in [2.45, 2.75) is 11.3 Å². The predicted molar refractivity (Wildman–Crippen MR) is 51.1 cm³/mol. The Morgan fingerprint density at radius 3 is 2.85 bits per heavy atom. The van der Waals surface area contributed by atoms with Crippen LogP contribution in [-0.4, -0.2) is 21.9 Å². The van der Waals surface area contributed by atoms with Crippen molar-refractivity contribution in [2.75, 3.05) is 5.75 Å². The average Bonchev–Trinajstić information content (AvgIpc) is 2.03. The number of benzene rings is 1. The van der Waals surface area contributed by atoms with E-state index >= 15 is 0 Å². The van der Waals surface area contributed by atoms with E-state index in [-0.39, 0.29) is 12.2 Å². The Bertz CT molecular complexity index is 299. The fourth-order valence-electron chi connectivity index (χ4n) is 0.829. The normalized spacial score (nSPS) is 9.85. The van der Waals surface area contributed by atoms with E-state index in [1.165, 1.54) is 11.8 Å². The first-order valence-corrected chi connectivity index (χ1v) is 4.80. The minimum Gasteiger partial charge on any atom is -0.508 e. The molecule has 3 nitrogen and oxygen atoms in total. The standard InChI is InChI=1S/C9H10O3S/c10-7-2-1-3-8(6-7)13-5-4-9(11)12/h1-3,6,10H,4-5H2,(H,11,12). The maximum absolute atomic E-state index is 10.2. The number of carboxylic acids is 1. The molecular weight excluding hydrogens is 188 g/mol. The van der Waals surface area contributed by atoms with Gasteiger partial charge in [-0.3, -0.25) is 4.79 Å². The van der Waals surface area contributed by atoms with Gasteiger partial charge >= 0.3 is 5.97 Å². The number of hydrogen-bond acceptors (Lipinski definition) is 3. The summed E-state index contributed by atoms with van der Waals surface area (Å²) in [5, 5.41) is 17.5. The van der Waals surface area contributed by atoms with Gasteiger partial charge in [-0.25, -0.2) is 0 Å². The molecule has 1 aromatic carbocycles. The molecule has 0 radical (unpaired) electrons. The van der Waals surface area contributed by atoms with Crippen LogP contribution in [0.2, 0.25) is 0 Å². The Labute approximate surface area is 80.4 Å². The minimum absolute atomic E-state index is 0.139. The lowest BCUT2D eigenvalue weighted by Gasteiger charge is -1.99. The lowest BCUT2D eigenvalue weighted by Crippen LogP contribution is -1.95. The monoisotopic (exact) mass is 198 g/mol. The Morgan fingerprint density at radius 2 is 2.23 bits per heavy atom. The highest BCUT2D eigenvalue weighted by Gasteiger charge is 1.98. The van der Waals surface area contributed by atoms with Gasteiger partial charge in [0.15, 0.2) is 0 Å². The fourth-order valence-corrected chi connectivity index (χ4v) is 1.72. The van der Waals surface area contributed by atoms with Gasteiger partial charge < -0.3 is 10.2 Å². The van der Waals surface area contributed by atoms with E-state index in [1.54, 1.807) is 18.2 Å². The zero-order chi connectivity index (χ0) is 9.68. The highest BCUT2D eigenvalue weighted by molar-refractivity contribution is 7.99. The molecule has 0 heterocycles. The lowest BCUT2D eigenvalue weighted by atomic mass is 10.3. The van der Waals surface area contributed by atoms with Crippen LogP contribution in [0.15, 0.2) is 29.2 Å². The molecule has 0 aliphatic carbocycles. The largest absolute Gasteiger partial charge is 0.508 e. The van der Waals surface area contributed by atoms with Crippen LogP contribution in [0.4, 0.5) is 0 Å². The summed E-state index contributed by atoms with van der Waals surface area (Å²) >= 11 is 1.42. The Hall–Kier alpha value is -1.16. The molecule has 0 spiro atoms. The summed E-state index contributed by atoms with van der Waals surface area (Å²) in [4.78, 5) is 11.1. The molecular formula is C9H10O3S. The number of carbonyl (C=O) groups is 1. The smallest absolute Gasteiger partial charge is 0.304 e. The van der Waals surface area contributed by atoms with Gasteiger partial charge in [-0.2, -0.15) is 0 Å². The highest BCUT2D eigenvalue weighted by Crippen LogP contribution is 2.22. The first-order valence-electron chi connectivity index (χ1n) is 3.82. The second-order valence-corrected chi connectivity index (χ2v) is 3.66. The summed E-state index contributed by atoms with van der Waals surface area (Å²) in [6, 6.07) is 6.78. The molecule has 1 rings (SSSR count). The molecule has 0 aliphatic rings. The first kappa shape index (κ1) is 9.92. The van der Waals surface area contributed by atoms with Gasteiger partial charge in [0.05, 0.1) is 6.42 Å². The maximum atomic E-state index is 10.2. The van der Waals surface area contributed by atoms with Crippen molar-refractivity contribution < 1.29 is 15.0 Å². The summed E-state index contributed by atoms with van der Waals surface area (Å²) < 4.78 is 0. The van der Waals surface area contributed by atoms with Gasteiger partial charge in [0.25, 0.3) is 0 Å². The highest BCUT2D eigenvalue weighted by atomic mass is 32.2. The summed E-state index contributed by atoms with van der Waals surface area (Å²) in [6.07, 6.45) is 0.139. The first-order chi connectivity index (χ1) is 6.18. The van der Waals surface area contributed by atoms with Crippen molar-refractivity contribution in [3.8, 4) is 5.75 Å². The summed E-state index contributed by atoms with van der Waals surface area (Å²) in [6.45, 7) is 0. The molecule has 0 amide bonds. The van der Waals surface area contributed by atoms with Gasteiger partial charge in [-0.1, -0.05) is 6.07 Å². The van der Waals surface area contributed by atoms with Crippen LogP contribution in [-0.2, 0) is 4.79 Å². The zero-order valence-corrected chi connectivity index (χ0v) is 7.75. The quantitative estimate of drug-likeness (QED) is 0.726. The summed E-state index contributed by atoms with van der Waals surface area (Å²) in [5.41, 5.74) is 0. The van der Waals surface area contributed by atoms with E-state index in [9.17, 15) is 4.79 Å². The Morgan fingerprint density at radius 1 is 1.46 bits per heavy atom. The van der Waals surface area contributed by atoms with Crippen LogP contribution >= 0.6 is 11.8 Å². The number of carboxylic acid groups (broad SMARTS) is 1. The van der Waals surface area contributed by atoms with E-state index in [2.05, 4.69) is 0 Å². The molecule has 0 saturated heterocycles. The second-order valence-electron chi connectivity index (χ2n) is 2.49. The SMILES string of the molecule is O=C(O)CCSc1cccc(O)c1. The van der Waals surface area contributed by atoms with Crippen molar-refractivity contribution in [1.29, 1.82) is 0 Å². The van der Waals surface area contributed by atoms with Gasteiger partial charge in [0.2, 0.25) is 0 Å². The van der Waals surface area contributed by atoms with Crippen molar-refractivity contribution in [3.63, 3.8) is 0 Å². The molecule has 0 aliphatic heterocycles. The third-order valence-corrected chi connectivity index (χ3v) is 2.40. The molecule has 4 heteroatoms. The van der Waals surface area contributed by atoms with Gasteiger partial charge in [0.1, 0.15) is 5.75 Å². The molecule has 0 saturated carbocycles. The molecule has 0 fully saturated rings. The van der Waals surface area contributed by atoms with E-state index in [0.29, 0.717) is 5.75 Å². The number of aliphatic carboxylic acids is 1. The van der Waals surface area contributed by atoms with Crippen LogP contribution in [0.25, 0.3) is 0 Å². The van der Waals surface area contributed by atoms with Crippen LogP contribution in [0.1, 0.15) is 6.42 Å². The predicted octanol–water partition coefficient (Wildman–Crippen LogP) is 1.96. The molecule has 70 valence electrons. The van der Waals surface area contributed by atoms with Gasteiger partial charge in [-0.05, 0) is 18.2 Å². The Balaban J connectivity index is 2.41. The van der Waals surface area contributed by atoms with E-state index < -0.39 is 5.97 Å². The maximum Gasteiger partial charge on any atom is 0.304 e. The van der Waals surface area contributed by atoms with Gasteiger partial charge in [0, 0.05) is 10.6 Å². The van der Waals surface area contributed by atoms with Crippen LogP contribution in [0.5, 0.6) is 5.75 Å². The Kier molecular flexibility index (Phi) is 3.64. The van der Waals surface area contributed by atoms with Crippen molar-refractivity contribution in [1.82, 2.24) is 0 Å². The van der Waals surface area contributed by atoms with E-state index in [4.69, 9.17) is 10.2 Å². The number of phenolic OH excluding ortho intramolecular Hbond substituents is 1. The summed E-state index contributed by atoms with van der Waals surface area (Å²) in [5.74, 6) is -0.0633. The van der Waals surface area contributed by atoms with Crippen LogP contribution < -0.4 is 0 Å². The third kappa shape index (κ3) is 3.85. The molecule has 2 N–H and O–H groups in total. The van der Waals surface area contributed by atoms with Crippen molar-refractivity contribution >= 4 is 17.7 Å². The molecule has 0 unspecified atom stereocenters. The van der Waals surface area contributed by atoms with Gasteiger partial charge in [-0.15, -0.1) is 11.8 Å². The number of rotatable bonds is 4. The summed E-state index contributed by atoms with van der Waals surface area (Å²) in [7, 11) is 0. The zero-order valence-electron chi connectivity index (χ0n) is 6.93. The number of hydrogen-bond donors (Lipinski definition) is 2. The van der Waals surface area contributed by atoms with E-state index in [1.807, 2.05) is 6.07 Å². The molecule has 0 atom stereocenters. The third-order valence-electron chi connectivity index (χ3n) is 1.40. The second kappa shape index (κ2) is 4.77. The fraction of sp³-hybridized carbons (Fsp3) is 0.222. The molecule has 13 heavy (non-hydrogen) atoms. The molecule has 0 bridgehead atoms. The van der Waals surface area contributed by atoms with Crippen LogP contribution in [0, 0.1) is 0 Å². The minimum atomic E-state index is -0.798. The molecule has 0 aromatic heterocycles. The lowest BCUT2D eigenvalue weighted by molar-refractivity contribution is -0.136. The van der Waals surface area contributed by atoms with E-state index in [0.717, 1.165) is 4.90 Å². The number of phenols is 1. The van der Waals surface area contributed by atoms with Crippen molar-refractivity contribution in [2.24, 2.45) is 0 Å². The average molecular weight is 198 g/mol.